The van der Waals surface area contributed by atoms with E-state index in [0.29, 0.717) is 5.69 Å². The number of nitrogen functional groups attached to an aromatic ring is 1. The molecule has 0 amide bonds. The van der Waals surface area contributed by atoms with Gasteiger partial charge < -0.3 is 10.8 Å². The molecule has 7 heteroatoms. The summed E-state index contributed by atoms with van der Waals surface area (Å²) in [6.45, 7) is 1.24. The molecule has 6 nitrogen and oxygen atoms in total. The minimum absolute atomic E-state index is 0.0550. The lowest BCUT2D eigenvalue weighted by Gasteiger charge is -2.10. The minimum atomic E-state index is -3.84. The number of carboxylic acids is 1. The lowest BCUT2D eigenvalue weighted by molar-refractivity contribution is -0.138. The molecule has 16 heavy (non-hydrogen) atoms. The summed E-state index contributed by atoms with van der Waals surface area (Å²) in [7, 11) is -3.84. The summed E-state index contributed by atoms with van der Waals surface area (Å²) in [5.41, 5.74) is 5.73. The third kappa shape index (κ3) is 2.94. The third-order valence-corrected chi connectivity index (χ3v) is 3.41. The molecule has 0 aliphatic heterocycles. The van der Waals surface area contributed by atoms with E-state index in [-0.39, 0.29) is 4.90 Å². The van der Waals surface area contributed by atoms with Crippen LogP contribution in [-0.2, 0) is 14.8 Å². The molecule has 1 aromatic carbocycles. The van der Waals surface area contributed by atoms with E-state index in [9.17, 15) is 13.2 Å². The van der Waals surface area contributed by atoms with Gasteiger partial charge in [-0.1, -0.05) is 6.07 Å². The number of anilines is 1. The van der Waals surface area contributed by atoms with Crippen LogP contribution in [0.25, 0.3) is 0 Å². The van der Waals surface area contributed by atoms with Gasteiger partial charge in [0.25, 0.3) is 0 Å². The maximum atomic E-state index is 11.7. The topological polar surface area (TPSA) is 109 Å². The first kappa shape index (κ1) is 12.5. The number of carboxylic acid groups (broad SMARTS) is 1. The lowest BCUT2D eigenvalue weighted by atomic mass is 10.3. The average molecular weight is 244 g/mol. The van der Waals surface area contributed by atoms with Crippen LogP contribution in [0.4, 0.5) is 5.69 Å². The summed E-state index contributed by atoms with van der Waals surface area (Å²) < 4.78 is 25.4. The molecule has 0 saturated heterocycles. The molecule has 4 N–H and O–H groups in total. The van der Waals surface area contributed by atoms with E-state index in [2.05, 4.69) is 0 Å². The number of benzene rings is 1. The van der Waals surface area contributed by atoms with Crippen molar-refractivity contribution in [3.63, 3.8) is 0 Å². The maximum Gasteiger partial charge on any atom is 0.321 e. The quantitative estimate of drug-likeness (QED) is 0.647. The monoisotopic (exact) mass is 244 g/mol. The first-order valence-corrected chi connectivity index (χ1v) is 5.92. The van der Waals surface area contributed by atoms with Gasteiger partial charge in [-0.05, 0) is 25.1 Å². The van der Waals surface area contributed by atoms with Crippen LogP contribution >= 0.6 is 0 Å². The Labute approximate surface area is 93.1 Å². The Morgan fingerprint density at radius 3 is 2.62 bits per heavy atom. The highest BCUT2D eigenvalue weighted by Gasteiger charge is 2.21. The molecule has 0 aliphatic rings. The third-order valence-electron chi connectivity index (χ3n) is 1.87. The van der Waals surface area contributed by atoms with E-state index >= 15 is 0 Å². The van der Waals surface area contributed by atoms with Gasteiger partial charge in [-0.2, -0.15) is 4.72 Å². The molecule has 0 fully saturated rings. The molecule has 1 atom stereocenters. The zero-order valence-corrected chi connectivity index (χ0v) is 9.36. The fraction of sp³-hybridized carbons (Fsp3) is 0.222. The summed E-state index contributed by atoms with van der Waals surface area (Å²) >= 11 is 0. The molecule has 0 aliphatic carbocycles. The van der Waals surface area contributed by atoms with E-state index in [1.165, 1.54) is 25.1 Å². The highest BCUT2D eigenvalue weighted by molar-refractivity contribution is 7.89. The van der Waals surface area contributed by atoms with Gasteiger partial charge in [-0.15, -0.1) is 0 Å². The van der Waals surface area contributed by atoms with Crippen LogP contribution in [0.5, 0.6) is 0 Å². The molecule has 0 spiro atoms. The molecule has 0 radical (unpaired) electrons. The molecular weight excluding hydrogens is 232 g/mol. The Balaban J connectivity index is 2.99. The molecule has 0 saturated carbocycles. The number of aliphatic carboxylic acids is 1. The van der Waals surface area contributed by atoms with E-state index in [4.69, 9.17) is 10.8 Å². The van der Waals surface area contributed by atoms with Gasteiger partial charge in [0.05, 0.1) is 4.90 Å². The van der Waals surface area contributed by atoms with Gasteiger partial charge in [0.15, 0.2) is 0 Å². The number of nitrogens with two attached hydrogens (primary N) is 1. The highest BCUT2D eigenvalue weighted by atomic mass is 32.2. The van der Waals surface area contributed by atoms with Crippen molar-refractivity contribution in [1.29, 1.82) is 0 Å². The Kier molecular flexibility index (Phi) is 3.51. The summed E-state index contributed by atoms with van der Waals surface area (Å²) in [5.74, 6) is -1.24. The van der Waals surface area contributed by atoms with Crippen molar-refractivity contribution in [1.82, 2.24) is 4.72 Å². The molecule has 0 aromatic heterocycles. The smallest absolute Gasteiger partial charge is 0.321 e. The molecule has 1 aromatic rings. The predicted octanol–water partition coefficient (Wildman–Crippen LogP) is 0.0202. The van der Waals surface area contributed by atoms with Crippen molar-refractivity contribution < 1.29 is 18.3 Å². The van der Waals surface area contributed by atoms with Crippen molar-refractivity contribution in [2.24, 2.45) is 0 Å². The van der Waals surface area contributed by atoms with Crippen LogP contribution in [-0.4, -0.2) is 25.5 Å². The summed E-state index contributed by atoms with van der Waals surface area (Å²) in [6.07, 6.45) is 0. The Hall–Kier alpha value is -1.60. The summed E-state index contributed by atoms with van der Waals surface area (Å²) in [6, 6.07) is 4.44. The van der Waals surface area contributed by atoms with Crippen LogP contribution in [0.3, 0.4) is 0 Å². The van der Waals surface area contributed by atoms with Crippen LogP contribution in [0.2, 0.25) is 0 Å². The zero-order valence-electron chi connectivity index (χ0n) is 8.54. The molecule has 0 bridgehead atoms. The number of hydrogen-bond donors (Lipinski definition) is 3. The molecule has 1 rings (SSSR count). The molecule has 0 heterocycles. The Morgan fingerprint density at radius 2 is 2.12 bits per heavy atom. The second-order valence-electron chi connectivity index (χ2n) is 3.25. The van der Waals surface area contributed by atoms with Crippen molar-refractivity contribution in [3.8, 4) is 0 Å². The predicted molar refractivity (Wildman–Crippen MR) is 58.3 cm³/mol. The summed E-state index contributed by atoms with van der Waals surface area (Å²) in [4.78, 5) is 10.5. The molecule has 88 valence electrons. The largest absolute Gasteiger partial charge is 0.480 e. The van der Waals surface area contributed by atoms with Gasteiger partial charge in [-0.3, -0.25) is 4.79 Å². The first-order valence-electron chi connectivity index (χ1n) is 4.43. The SMILES string of the molecule is CC(NS(=O)(=O)c1cccc(N)c1)C(=O)O. The average Bonchev–Trinajstić information content (AvgIpc) is 2.17. The lowest BCUT2D eigenvalue weighted by Crippen LogP contribution is -2.38. The second kappa shape index (κ2) is 4.50. The van der Waals surface area contributed by atoms with E-state index in [0.717, 1.165) is 0 Å². The number of nitrogens with one attached hydrogen (secondary N) is 1. The number of hydrogen-bond acceptors (Lipinski definition) is 4. The van der Waals surface area contributed by atoms with Crippen LogP contribution in [0, 0.1) is 0 Å². The van der Waals surface area contributed by atoms with Gasteiger partial charge in [-0.25, -0.2) is 8.42 Å². The van der Waals surface area contributed by atoms with Gasteiger partial charge >= 0.3 is 5.97 Å². The second-order valence-corrected chi connectivity index (χ2v) is 4.97. The number of sulfonamides is 1. The summed E-state index contributed by atoms with van der Waals surface area (Å²) in [5, 5.41) is 8.60. The van der Waals surface area contributed by atoms with Crippen LogP contribution < -0.4 is 10.5 Å². The number of carbonyl (C=O) groups is 1. The Morgan fingerprint density at radius 1 is 1.50 bits per heavy atom. The van der Waals surface area contributed by atoms with Crippen LogP contribution in [0.15, 0.2) is 29.2 Å². The molecular formula is C9H12N2O4S. The van der Waals surface area contributed by atoms with Gasteiger partial charge in [0.2, 0.25) is 10.0 Å². The fourth-order valence-corrected chi connectivity index (χ4v) is 2.28. The van der Waals surface area contributed by atoms with E-state index in [1.807, 2.05) is 4.72 Å². The first-order chi connectivity index (χ1) is 7.33. The van der Waals surface area contributed by atoms with Crippen molar-refractivity contribution >= 4 is 21.7 Å². The maximum absolute atomic E-state index is 11.7. The van der Waals surface area contributed by atoms with Crippen molar-refractivity contribution in [3.05, 3.63) is 24.3 Å². The van der Waals surface area contributed by atoms with E-state index < -0.39 is 22.0 Å². The van der Waals surface area contributed by atoms with Crippen molar-refractivity contribution in [2.45, 2.75) is 17.9 Å². The van der Waals surface area contributed by atoms with Gasteiger partial charge in [0.1, 0.15) is 6.04 Å². The van der Waals surface area contributed by atoms with Crippen molar-refractivity contribution in [2.75, 3.05) is 5.73 Å². The highest BCUT2D eigenvalue weighted by Crippen LogP contribution is 2.12. The van der Waals surface area contributed by atoms with E-state index in [1.54, 1.807) is 6.07 Å². The normalized spacial score (nSPS) is 13.3. The fourth-order valence-electron chi connectivity index (χ4n) is 1.03. The van der Waals surface area contributed by atoms with Gasteiger partial charge in [0, 0.05) is 5.69 Å². The standard InChI is InChI=1S/C9H12N2O4S/c1-6(9(12)13)11-16(14,15)8-4-2-3-7(10)5-8/h2-6,11H,10H2,1H3,(H,12,13). The number of rotatable bonds is 4. The molecule has 1 unspecified atom stereocenters. The zero-order chi connectivity index (χ0) is 12.3. The minimum Gasteiger partial charge on any atom is -0.480 e. The Bertz CT molecular complexity index is 498. The van der Waals surface area contributed by atoms with Crippen LogP contribution in [0.1, 0.15) is 6.92 Å².